The van der Waals surface area contributed by atoms with Gasteiger partial charge in [0.05, 0.1) is 28.4 Å². The molecule has 0 N–H and O–H groups in total. The molecular weight excluding hydrogens is 437 g/mol. The number of aryl methyl sites for hydroxylation is 1. The Hall–Kier alpha value is -3.94. The second-order valence-electron chi connectivity index (χ2n) is 8.57. The lowest BCUT2D eigenvalue weighted by molar-refractivity contribution is 0.0737. The number of pyridine rings is 1. The molecule has 2 aromatic heterocycles. The van der Waals surface area contributed by atoms with Gasteiger partial charge in [0.15, 0.2) is 11.5 Å². The van der Waals surface area contributed by atoms with Crippen molar-refractivity contribution < 1.29 is 23.2 Å². The summed E-state index contributed by atoms with van der Waals surface area (Å²) in [5.41, 5.74) is 3.61. The van der Waals surface area contributed by atoms with Crippen molar-refractivity contribution in [3.05, 3.63) is 71.2 Å². The topological polar surface area (TPSA) is 77.7 Å². The molecule has 0 radical (unpaired) electrons. The number of benzene rings is 2. The van der Waals surface area contributed by atoms with Crippen molar-refractivity contribution in [1.29, 1.82) is 0 Å². The average Bonchev–Trinajstić information content (AvgIpc) is 3.50. The van der Waals surface area contributed by atoms with Crippen LogP contribution >= 0.6 is 0 Å². The van der Waals surface area contributed by atoms with E-state index in [9.17, 15) is 9.18 Å². The first-order valence-corrected chi connectivity index (χ1v) is 11.3. The smallest absolute Gasteiger partial charge is 0.259 e. The van der Waals surface area contributed by atoms with Crippen LogP contribution in [0.15, 0.2) is 53.1 Å². The predicted octanol–water partition coefficient (Wildman–Crippen LogP) is 5.09. The van der Waals surface area contributed by atoms with Crippen molar-refractivity contribution in [3.8, 4) is 22.8 Å². The van der Waals surface area contributed by atoms with Crippen LogP contribution < -0.4 is 9.47 Å². The van der Waals surface area contributed by atoms with Crippen LogP contribution in [0.25, 0.3) is 22.4 Å². The highest BCUT2D eigenvalue weighted by Gasteiger charge is 2.33. The molecule has 1 saturated heterocycles. The molecule has 0 saturated carbocycles. The average molecular weight is 459 g/mol. The highest BCUT2D eigenvalue weighted by molar-refractivity contribution is 6.07. The number of aromatic nitrogens is 2. The lowest BCUT2D eigenvalue weighted by Gasteiger charge is -2.27. The SMILES string of the molecule is Cc1noc2nc(-c3ccc(F)cc3)cc(C(=O)N3CCC[C@@H]3c3ccc4c(c3)OCCO4)c12. The van der Waals surface area contributed by atoms with Gasteiger partial charge in [-0.3, -0.25) is 4.79 Å². The van der Waals surface area contributed by atoms with Crippen LogP contribution in [0.2, 0.25) is 0 Å². The summed E-state index contributed by atoms with van der Waals surface area (Å²) in [5.74, 6) is 0.990. The van der Waals surface area contributed by atoms with Crippen LogP contribution in [-0.4, -0.2) is 40.7 Å². The van der Waals surface area contributed by atoms with Gasteiger partial charge in [-0.1, -0.05) is 11.2 Å². The second kappa shape index (κ2) is 8.13. The molecule has 4 heterocycles. The highest BCUT2D eigenvalue weighted by atomic mass is 19.1. The molecule has 8 heteroatoms. The molecule has 4 aromatic rings. The van der Waals surface area contributed by atoms with E-state index in [4.69, 9.17) is 14.0 Å². The third-order valence-corrected chi connectivity index (χ3v) is 6.45. The fourth-order valence-corrected chi connectivity index (χ4v) is 4.81. The summed E-state index contributed by atoms with van der Waals surface area (Å²) in [7, 11) is 0. The van der Waals surface area contributed by atoms with Crippen LogP contribution in [0.4, 0.5) is 4.39 Å². The molecule has 34 heavy (non-hydrogen) atoms. The van der Waals surface area contributed by atoms with Crippen LogP contribution in [0.3, 0.4) is 0 Å². The van der Waals surface area contributed by atoms with Gasteiger partial charge < -0.3 is 18.9 Å². The summed E-state index contributed by atoms with van der Waals surface area (Å²) >= 11 is 0. The van der Waals surface area contributed by atoms with Crippen LogP contribution in [-0.2, 0) is 0 Å². The number of fused-ring (bicyclic) bond motifs is 2. The Morgan fingerprint density at radius 2 is 1.85 bits per heavy atom. The zero-order valence-corrected chi connectivity index (χ0v) is 18.6. The molecule has 0 spiro atoms. The number of carbonyl (C=O) groups is 1. The number of nitrogens with zero attached hydrogens (tertiary/aromatic N) is 3. The Bertz CT molecular complexity index is 1400. The van der Waals surface area contributed by atoms with E-state index in [-0.39, 0.29) is 23.5 Å². The quantitative estimate of drug-likeness (QED) is 0.425. The first kappa shape index (κ1) is 20.7. The van der Waals surface area contributed by atoms with Gasteiger partial charge in [0.25, 0.3) is 11.6 Å². The molecule has 0 aliphatic carbocycles. The number of amides is 1. The monoisotopic (exact) mass is 459 g/mol. The molecule has 2 aliphatic heterocycles. The maximum absolute atomic E-state index is 13.9. The van der Waals surface area contributed by atoms with Crippen LogP contribution in [0, 0.1) is 12.7 Å². The zero-order valence-electron chi connectivity index (χ0n) is 18.6. The summed E-state index contributed by atoms with van der Waals surface area (Å²) < 4.78 is 30.3. The number of carbonyl (C=O) groups excluding carboxylic acids is 1. The number of rotatable bonds is 3. The van der Waals surface area contributed by atoms with Gasteiger partial charge in [0.1, 0.15) is 19.0 Å². The second-order valence-corrected chi connectivity index (χ2v) is 8.57. The van der Waals surface area contributed by atoms with Gasteiger partial charge >= 0.3 is 0 Å². The zero-order chi connectivity index (χ0) is 23.2. The van der Waals surface area contributed by atoms with Crippen LogP contribution in [0.5, 0.6) is 11.5 Å². The van der Waals surface area contributed by atoms with E-state index in [0.717, 1.165) is 24.2 Å². The van der Waals surface area contributed by atoms with E-state index in [1.54, 1.807) is 25.1 Å². The molecular formula is C26H22FN3O4. The summed E-state index contributed by atoms with van der Waals surface area (Å²) in [5, 5.41) is 4.64. The summed E-state index contributed by atoms with van der Waals surface area (Å²) in [6.07, 6.45) is 1.75. The summed E-state index contributed by atoms with van der Waals surface area (Å²) in [4.78, 5) is 20.4. The molecule has 6 rings (SSSR count). The molecule has 172 valence electrons. The fraction of sp³-hybridized carbons (Fsp3) is 0.269. The van der Waals surface area contributed by atoms with Crippen molar-refractivity contribution in [3.63, 3.8) is 0 Å². The lowest BCUT2D eigenvalue weighted by atomic mass is 10.0. The van der Waals surface area contributed by atoms with E-state index in [1.165, 1.54) is 12.1 Å². The molecule has 1 fully saturated rings. The van der Waals surface area contributed by atoms with Gasteiger partial charge in [-0.25, -0.2) is 9.37 Å². The van der Waals surface area contributed by atoms with E-state index in [2.05, 4.69) is 10.1 Å². The normalized spacial score (nSPS) is 17.4. The predicted molar refractivity (Wildman–Crippen MR) is 122 cm³/mol. The van der Waals surface area contributed by atoms with E-state index < -0.39 is 0 Å². The van der Waals surface area contributed by atoms with Gasteiger partial charge in [-0.2, -0.15) is 0 Å². The lowest BCUT2D eigenvalue weighted by Crippen LogP contribution is -2.31. The molecule has 1 atom stereocenters. The maximum Gasteiger partial charge on any atom is 0.259 e. The Morgan fingerprint density at radius 3 is 2.68 bits per heavy atom. The van der Waals surface area contributed by atoms with Crippen molar-refractivity contribution in [2.75, 3.05) is 19.8 Å². The minimum absolute atomic E-state index is 0.0824. The molecule has 2 aromatic carbocycles. The number of hydrogen-bond acceptors (Lipinski definition) is 6. The third-order valence-electron chi connectivity index (χ3n) is 6.45. The first-order valence-electron chi connectivity index (χ1n) is 11.3. The minimum Gasteiger partial charge on any atom is -0.486 e. The van der Waals surface area contributed by atoms with E-state index in [1.807, 2.05) is 23.1 Å². The van der Waals surface area contributed by atoms with Gasteiger partial charge in [-0.05, 0) is 67.8 Å². The maximum atomic E-state index is 13.9. The Labute approximate surface area is 195 Å². The van der Waals surface area contributed by atoms with Crippen LogP contribution in [0.1, 0.15) is 40.5 Å². The van der Waals surface area contributed by atoms with E-state index >= 15 is 0 Å². The van der Waals surface area contributed by atoms with Gasteiger partial charge in [-0.15, -0.1) is 0 Å². The van der Waals surface area contributed by atoms with Crippen molar-refractivity contribution >= 4 is 17.0 Å². The number of halogens is 1. The molecule has 7 nitrogen and oxygen atoms in total. The highest BCUT2D eigenvalue weighted by Crippen LogP contribution is 2.39. The van der Waals surface area contributed by atoms with Gasteiger partial charge in [0.2, 0.25) is 0 Å². The third kappa shape index (κ3) is 3.46. The van der Waals surface area contributed by atoms with Crippen molar-refractivity contribution in [1.82, 2.24) is 15.0 Å². The molecule has 2 aliphatic rings. The number of hydrogen-bond donors (Lipinski definition) is 0. The molecule has 0 unspecified atom stereocenters. The Kier molecular flexibility index (Phi) is 4.94. The van der Waals surface area contributed by atoms with Crippen molar-refractivity contribution in [2.24, 2.45) is 0 Å². The largest absolute Gasteiger partial charge is 0.486 e. The molecule has 0 bridgehead atoms. The number of likely N-dealkylation sites (tertiary alicyclic amines) is 1. The fourth-order valence-electron chi connectivity index (χ4n) is 4.81. The van der Waals surface area contributed by atoms with Gasteiger partial charge in [0, 0.05) is 12.1 Å². The van der Waals surface area contributed by atoms with E-state index in [0.29, 0.717) is 53.4 Å². The Morgan fingerprint density at radius 1 is 1.06 bits per heavy atom. The first-order chi connectivity index (χ1) is 16.6. The molecule has 1 amide bonds. The summed E-state index contributed by atoms with van der Waals surface area (Å²) in [6, 6.07) is 13.6. The number of ether oxygens (including phenoxy) is 2. The minimum atomic E-state index is -0.337. The summed E-state index contributed by atoms with van der Waals surface area (Å²) in [6.45, 7) is 3.48. The standard InChI is InChI=1S/C26H22FN3O4/c1-15-24-19(14-20(28-25(24)34-29-15)16-4-7-18(27)8-5-16)26(31)30-10-2-3-21(30)17-6-9-22-23(13-17)33-12-11-32-22/h4-9,13-14,21H,2-3,10-12H2,1H3/t21-/m1/s1. The van der Waals surface area contributed by atoms with Crippen molar-refractivity contribution in [2.45, 2.75) is 25.8 Å². The Balaban J connectivity index is 1.41.